The van der Waals surface area contributed by atoms with Gasteiger partial charge < -0.3 is 15.0 Å². The van der Waals surface area contributed by atoms with Gasteiger partial charge in [0.15, 0.2) is 0 Å². The Morgan fingerprint density at radius 1 is 1.19 bits per heavy atom. The van der Waals surface area contributed by atoms with Crippen LogP contribution in [0.4, 0.5) is 4.79 Å². The molecule has 2 bridgehead atoms. The Kier molecular flexibility index (Phi) is 5.52. The molecule has 3 atom stereocenters. The summed E-state index contributed by atoms with van der Waals surface area (Å²) in [5, 5.41) is 3.08. The van der Waals surface area contributed by atoms with Crippen LogP contribution in [0.1, 0.15) is 72.6 Å². The van der Waals surface area contributed by atoms with Crippen LogP contribution in [0.2, 0.25) is 0 Å². The number of carbonyl (C=O) groups excluding carboxylic acids is 2. The summed E-state index contributed by atoms with van der Waals surface area (Å²) in [4.78, 5) is 29.3. The van der Waals surface area contributed by atoms with Crippen molar-refractivity contribution in [2.45, 2.75) is 95.9 Å². The molecule has 0 spiro atoms. The third kappa shape index (κ3) is 4.51. The molecule has 3 rings (SSSR count). The highest BCUT2D eigenvalue weighted by molar-refractivity contribution is 5.78. The van der Waals surface area contributed by atoms with Crippen molar-refractivity contribution < 1.29 is 14.3 Å². The highest BCUT2D eigenvalue weighted by Gasteiger charge is 2.47. The molecule has 3 unspecified atom stereocenters. The van der Waals surface area contributed by atoms with E-state index in [0.29, 0.717) is 12.6 Å². The SMILES string of the molecule is CC(C)(C)OC(=O)NC1CC2CCCC(C)(C1)N2CC(=O)N1CCCC1. The normalized spacial score (nSPS) is 32.4. The number of nitrogens with one attached hydrogen (secondary N) is 1. The number of piperidine rings is 2. The fourth-order valence-electron chi connectivity index (χ4n) is 4.98. The summed E-state index contributed by atoms with van der Waals surface area (Å²) in [6.07, 6.45) is 7.12. The summed E-state index contributed by atoms with van der Waals surface area (Å²) < 4.78 is 5.43. The Morgan fingerprint density at radius 3 is 2.50 bits per heavy atom. The fraction of sp³-hybridized carbons (Fsp3) is 0.900. The number of rotatable bonds is 3. The number of fused-ring (bicyclic) bond motifs is 2. The minimum Gasteiger partial charge on any atom is -0.444 e. The van der Waals surface area contributed by atoms with Crippen molar-refractivity contribution in [3.8, 4) is 0 Å². The molecule has 0 aromatic heterocycles. The molecule has 3 aliphatic rings. The lowest BCUT2D eigenvalue weighted by Crippen LogP contribution is -2.64. The van der Waals surface area contributed by atoms with Crippen LogP contribution >= 0.6 is 0 Å². The van der Waals surface area contributed by atoms with E-state index in [1.54, 1.807) is 0 Å². The van der Waals surface area contributed by atoms with Crippen LogP contribution in [0.15, 0.2) is 0 Å². The maximum Gasteiger partial charge on any atom is 0.407 e. The van der Waals surface area contributed by atoms with Gasteiger partial charge in [0.05, 0.1) is 6.54 Å². The van der Waals surface area contributed by atoms with Gasteiger partial charge in [-0.25, -0.2) is 4.79 Å². The Hall–Kier alpha value is -1.30. The van der Waals surface area contributed by atoms with E-state index in [4.69, 9.17) is 4.74 Å². The third-order valence-corrected chi connectivity index (χ3v) is 6.11. The molecule has 3 saturated heterocycles. The lowest BCUT2D eigenvalue weighted by molar-refractivity contribution is -0.137. The molecule has 0 aromatic rings. The number of carbonyl (C=O) groups is 2. The largest absolute Gasteiger partial charge is 0.444 e. The first-order valence-corrected chi connectivity index (χ1v) is 10.2. The maximum absolute atomic E-state index is 12.7. The molecule has 2 amide bonds. The molecular weight excluding hydrogens is 330 g/mol. The van der Waals surface area contributed by atoms with Gasteiger partial charge in [-0.05, 0) is 66.2 Å². The van der Waals surface area contributed by atoms with Crippen molar-refractivity contribution in [3.05, 3.63) is 0 Å². The van der Waals surface area contributed by atoms with Gasteiger partial charge in [0, 0.05) is 30.7 Å². The van der Waals surface area contributed by atoms with Crippen LogP contribution < -0.4 is 5.32 Å². The van der Waals surface area contributed by atoms with Crippen molar-refractivity contribution in [1.82, 2.24) is 15.1 Å². The molecule has 3 aliphatic heterocycles. The lowest BCUT2D eigenvalue weighted by atomic mass is 9.73. The molecular formula is C20H35N3O3. The van der Waals surface area contributed by atoms with E-state index in [-0.39, 0.29) is 23.6 Å². The van der Waals surface area contributed by atoms with E-state index in [1.807, 2.05) is 25.7 Å². The summed E-state index contributed by atoms with van der Waals surface area (Å²) in [7, 11) is 0. The van der Waals surface area contributed by atoms with Gasteiger partial charge in [-0.15, -0.1) is 0 Å². The first-order chi connectivity index (χ1) is 12.2. The maximum atomic E-state index is 12.7. The van der Waals surface area contributed by atoms with Crippen LogP contribution in [-0.4, -0.2) is 64.7 Å². The highest BCUT2D eigenvalue weighted by Crippen LogP contribution is 2.41. The number of hydrogen-bond donors (Lipinski definition) is 1. The van der Waals surface area contributed by atoms with E-state index in [2.05, 4.69) is 17.1 Å². The second-order valence-electron chi connectivity index (χ2n) is 9.54. The van der Waals surface area contributed by atoms with Crippen LogP contribution in [0.5, 0.6) is 0 Å². The zero-order chi connectivity index (χ0) is 18.9. The number of hydrogen-bond acceptors (Lipinski definition) is 4. The number of nitrogens with zero attached hydrogens (tertiary/aromatic N) is 2. The standard InChI is InChI=1S/C20H35N3O3/c1-19(2,3)26-18(25)21-15-12-16-8-7-9-20(4,13-15)23(16)14-17(24)22-10-5-6-11-22/h15-16H,5-14H2,1-4H3,(H,21,25). The van der Waals surface area contributed by atoms with Gasteiger partial charge in [0.25, 0.3) is 0 Å². The highest BCUT2D eigenvalue weighted by atomic mass is 16.6. The van der Waals surface area contributed by atoms with E-state index in [1.165, 1.54) is 6.42 Å². The average molecular weight is 366 g/mol. The van der Waals surface area contributed by atoms with E-state index >= 15 is 0 Å². The van der Waals surface area contributed by atoms with Gasteiger partial charge in [0.1, 0.15) is 5.60 Å². The smallest absolute Gasteiger partial charge is 0.407 e. The van der Waals surface area contributed by atoms with E-state index in [0.717, 1.165) is 51.6 Å². The van der Waals surface area contributed by atoms with Gasteiger partial charge >= 0.3 is 6.09 Å². The van der Waals surface area contributed by atoms with E-state index in [9.17, 15) is 9.59 Å². The minimum absolute atomic E-state index is 0.0176. The lowest BCUT2D eigenvalue weighted by Gasteiger charge is -2.55. The second-order valence-corrected chi connectivity index (χ2v) is 9.54. The number of likely N-dealkylation sites (tertiary alicyclic amines) is 1. The first-order valence-electron chi connectivity index (χ1n) is 10.2. The average Bonchev–Trinajstić information content (AvgIpc) is 3.01. The van der Waals surface area contributed by atoms with Gasteiger partial charge in [-0.3, -0.25) is 9.69 Å². The Morgan fingerprint density at radius 2 is 1.88 bits per heavy atom. The molecule has 6 nitrogen and oxygen atoms in total. The number of amides is 2. The summed E-state index contributed by atoms with van der Waals surface area (Å²) in [5.41, 5.74) is -0.497. The van der Waals surface area contributed by atoms with Gasteiger partial charge in [-0.1, -0.05) is 6.42 Å². The molecule has 0 aliphatic carbocycles. The second kappa shape index (κ2) is 7.37. The van der Waals surface area contributed by atoms with Gasteiger partial charge in [-0.2, -0.15) is 0 Å². The monoisotopic (exact) mass is 365 g/mol. The predicted molar refractivity (Wildman–Crippen MR) is 101 cm³/mol. The summed E-state index contributed by atoms with van der Waals surface area (Å²) >= 11 is 0. The van der Waals surface area contributed by atoms with Crippen molar-refractivity contribution in [1.29, 1.82) is 0 Å². The van der Waals surface area contributed by atoms with Crippen LogP contribution in [0, 0.1) is 0 Å². The molecule has 3 heterocycles. The molecule has 6 heteroatoms. The zero-order valence-corrected chi connectivity index (χ0v) is 16.8. The molecule has 3 fully saturated rings. The Balaban J connectivity index is 1.62. The summed E-state index contributed by atoms with van der Waals surface area (Å²) in [6, 6.07) is 0.493. The van der Waals surface area contributed by atoms with E-state index < -0.39 is 5.60 Å². The summed E-state index contributed by atoms with van der Waals surface area (Å²) in [5.74, 6) is 0.277. The number of alkyl carbamates (subject to hydrolysis) is 1. The molecule has 148 valence electrons. The molecule has 26 heavy (non-hydrogen) atoms. The topological polar surface area (TPSA) is 61.9 Å². The summed E-state index contributed by atoms with van der Waals surface area (Å²) in [6.45, 7) is 10.3. The Bertz CT molecular complexity index is 539. The fourth-order valence-corrected chi connectivity index (χ4v) is 4.98. The third-order valence-electron chi connectivity index (χ3n) is 6.11. The van der Waals surface area contributed by atoms with Crippen molar-refractivity contribution in [2.24, 2.45) is 0 Å². The Labute approximate surface area is 157 Å². The quantitative estimate of drug-likeness (QED) is 0.835. The zero-order valence-electron chi connectivity index (χ0n) is 16.8. The van der Waals surface area contributed by atoms with Crippen molar-refractivity contribution >= 4 is 12.0 Å². The molecule has 0 saturated carbocycles. The molecule has 0 aromatic carbocycles. The van der Waals surface area contributed by atoms with Crippen LogP contribution in [0.3, 0.4) is 0 Å². The minimum atomic E-state index is -0.479. The molecule has 0 radical (unpaired) electrons. The van der Waals surface area contributed by atoms with Crippen LogP contribution in [0.25, 0.3) is 0 Å². The predicted octanol–water partition coefficient (Wildman–Crippen LogP) is 2.91. The van der Waals surface area contributed by atoms with Crippen molar-refractivity contribution in [3.63, 3.8) is 0 Å². The molecule has 1 N–H and O–H groups in total. The van der Waals surface area contributed by atoms with Gasteiger partial charge in [0.2, 0.25) is 5.91 Å². The van der Waals surface area contributed by atoms with Crippen molar-refractivity contribution in [2.75, 3.05) is 19.6 Å². The van der Waals surface area contributed by atoms with Crippen LogP contribution in [-0.2, 0) is 9.53 Å². The number of ether oxygens (including phenoxy) is 1. The first kappa shape index (κ1) is 19.5.